The molecular formula is C5H9ClN4OS. The fourth-order valence-electron chi connectivity index (χ4n) is 0.708. The van der Waals surface area contributed by atoms with Crippen molar-refractivity contribution < 1.29 is 4.21 Å². The number of halogens is 1. The lowest BCUT2D eigenvalue weighted by Crippen LogP contribution is -2.10. The van der Waals surface area contributed by atoms with E-state index in [0.29, 0.717) is 18.1 Å². The molecule has 0 fully saturated rings. The molecule has 0 aliphatic heterocycles. The Bertz CT molecular complexity index is 276. The summed E-state index contributed by atoms with van der Waals surface area (Å²) in [6.07, 6.45) is 1.64. The van der Waals surface area contributed by atoms with Crippen molar-refractivity contribution in [1.29, 1.82) is 0 Å². The summed E-state index contributed by atoms with van der Waals surface area (Å²) in [5, 5.41) is 10.8. The lowest BCUT2D eigenvalue weighted by atomic mass is 10.6. The molecule has 7 heteroatoms. The van der Waals surface area contributed by atoms with Crippen LogP contribution in [0, 0.1) is 0 Å². The minimum Gasteiger partial charge on any atom is -0.260 e. The van der Waals surface area contributed by atoms with Crippen LogP contribution in [0.25, 0.3) is 0 Å². The van der Waals surface area contributed by atoms with Gasteiger partial charge in [-0.2, -0.15) is 0 Å². The zero-order chi connectivity index (χ0) is 8.97. The summed E-state index contributed by atoms with van der Waals surface area (Å²) in [5.74, 6) is 1.44. The van der Waals surface area contributed by atoms with E-state index in [1.807, 2.05) is 0 Å². The van der Waals surface area contributed by atoms with Crippen LogP contribution in [-0.2, 0) is 23.2 Å². The fraction of sp³-hybridized carbons (Fsp3) is 0.800. The smallest absolute Gasteiger partial charge is 0.166 e. The van der Waals surface area contributed by atoms with Crippen LogP contribution in [0.3, 0.4) is 0 Å². The molecule has 0 aliphatic rings. The van der Waals surface area contributed by atoms with Crippen LogP contribution in [0.2, 0.25) is 0 Å². The molecule has 0 radical (unpaired) electrons. The first-order chi connectivity index (χ1) is 5.74. The van der Waals surface area contributed by atoms with Crippen molar-refractivity contribution >= 4 is 22.4 Å². The topological polar surface area (TPSA) is 60.7 Å². The molecule has 0 amide bonds. The monoisotopic (exact) mass is 208 g/mol. The van der Waals surface area contributed by atoms with Crippen molar-refractivity contribution in [1.82, 2.24) is 20.2 Å². The van der Waals surface area contributed by atoms with Gasteiger partial charge in [0.15, 0.2) is 5.82 Å². The van der Waals surface area contributed by atoms with Gasteiger partial charge in [-0.3, -0.25) is 4.21 Å². The van der Waals surface area contributed by atoms with Gasteiger partial charge in [-0.05, 0) is 10.4 Å². The third-order valence-corrected chi connectivity index (χ3v) is 2.31. The maximum atomic E-state index is 10.7. The Morgan fingerprint density at radius 1 is 1.67 bits per heavy atom. The third kappa shape index (κ3) is 2.53. The Morgan fingerprint density at radius 2 is 2.42 bits per heavy atom. The molecule has 0 aliphatic carbocycles. The van der Waals surface area contributed by atoms with Crippen LogP contribution in [0.5, 0.6) is 0 Å². The fourth-order valence-corrected chi connectivity index (χ4v) is 1.33. The summed E-state index contributed by atoms with van der Waals surface area (Å²) in [6, 6.07) is 0. The molecular weight excluding hydrogens is 200 g/mol. The normalized spacial score (nSPS) is 13.2. The first-order valence-corrected chi connectivity index (χ1v) is 5.61. The van der Waals surface area contributed by atoms with Crippen LogP contribution in [0.15, 0.2) is 0 Å². The van der Waals surface area contributed by atoms with E-state index in [-0.39, 0.29) is 5.88 Å². The number of rotatable bonds is 4. The van der Waals surface area contributed by atoms with Crippen molar-refractivity contribution in [3.63, 3.8) is 0 Å². The standard InChI is InChI=1S/C5H9ClN4OS/c1-12(11)3-2-10-5(4-6)7-8-9-10/h2-4H2,1H3. The van der Waals surface area contributed by atoms with Gasteiger partial charge in [0, 0.05) is 22.8 Å². The van der Waals surface area contributed by atoms with Crippen LogP contribution in [0.4, 0.5) is 0 Å². The second-order valence-corrected chi connectivity index (χ2v) is 4.05. The lowest BCUT2D eigenvalue weighted by molar-refractivity contribution is 0.606. The van der Waals surface area contributed by atoms with Crippen LogP contribution < -0.4 is 0 Å². The molecule has 0 saturated heterocycles. The minimum atomic E-state index is -0.820. The summed E-state index contributed by atoms with van der Waals surface area (Å²) >= 11 is 5.55. The van der Waals surface area contributed by atoms with Gasteiger partial charge in [-0.1, -0.05) is 0 Å². The molecule has 0 N–H and O–H groups in total. The number of nitrogens with zero attached hydrogens (tertiary/aromatic N) is 4. The molecule has 1 aromatic heterocycles. The van der Waals surface area contributed by atoms with E-state index in [9.17, 15) is 4.21 Å². The zero-order valence-electron chi connectivity index (χ0n) is 6.60. The van der Waals surface area contributed by atoms with Crippen molar-refractivity contribution in [2.75, 3.05) is 12.0 Å². The molecule has 0 aromatic carbocycles. The lowest BCUT2D eigenvalue weighted by Gasteiger charge is -1.98. The average Bonchev–Trinajstić information content (AvgIpc) is 2.47. The quantitative estimate of drug-likeness (QED) is 0.643. The van der Waals surface area contributed by atoms with Crippen molar-refractivity contribution in [3.8, 4) is 0 Å². The predicted molar refractivity (Wildman–Crippen MR) is 46.3 cm³/mol. The molecule has 68 valence electrons. The Kier molecular flexibility index (Phi) is 3.61. The molecule has 0 spiro atoms. The number of tetrazole rings is 1. The van der Waals surface area contributed by atoms with Gasteiger partial charge in [-0.25, -0.2) is 4.68 Å². The molecule has 0 bridgehead atoms. The molecule has 1 rings (SSSR count). The summed E-state index contributed by atoms with van der Waals surface area (Å²) in [4.78, 5) is 0. The van der Waals surface area contributed by atoms with Crippen molar-refractivity contribution in [3.05, 3.63) is 5.82 Å². The largest absolute Gasteiger partial charge is 0.260 e. The Hall–Kier alpha value is -0.490. The maximum absolute atomic E-state index is 10.7. The van der Waals surface area contributed by atoms with E-state index >= 15 is 0 Å². The summed E-state index contributed by atoms with van der Waals surface area (Å²) < 4.78 is 12.3. The van der Waals surface area contributed by atoms with Gasteiger partial charge in [-0.15, -0.1) is 16.7 Å². The van der Waals surface area contributed by atoms with E-state index in [0.717, 1.165) is 0 Å². The van der Waals surface area contributed by atoms with Gasteiger partial charge in [0.2, 0.25) is 0 Å². The first kappa shape index (κ1) is 9.60. The number of alkyl halides is 1. The first-order valence-electron chi connectivity index (χ1n) is 3.35. The minimum absolute atomic E-state index is 0.281. The number of aryl methyl sites for hydroxylation is 1. The Labute approximate surface area is 77.6 Å². The summed E-state index contributed by atoms with van der Waals surface area (Å²) in [5.41, 5.74) is 0. The second kappa shape index (κ2) is 4.51. The van der Waals surface area contributed by atoms with Gasteiger partial charge in [0.25, 0.3) is 0 Å². The van der Waals surface area contributed by atoms with E-state index in [1.54, 1.807) is 10.9 Å². The SMILES string of the molecule is CS(=O)CCn1nnnc1CCl. The summed E-state index contributed by atoms with van der Waals surface area (Å²) in [7, 11) is -0.820. The van der Waals surface area contributed by atoms with Crippen LogP contribution in [0.1, 0.15) is 5.82 Å². The molecule has 1 aromatic rings. The maximum Gasteiger partial charge on any atom is 0.166 e. The molecule has 0 saturated carbocycles. The van der Waals surface area contributed by atoms with Gasteiger partial charge in [0.1, 0.15) is 0 Å². The van der Waals surface area contributed by atoms with Gasteiger partial charge in [0.05, 0.1) is 12.4 Å². The molecule has 1 atom stereocenters. The molecule has 12 heavy (non-hydrogen) atoms. The third-order valence-electron chi connectivity index (χ3n) is 1.32. The zero-order valence-corrected chi connectivity index (χ0v) is 8.18. The Balaban J connectivity index is 2.56. The van der Waals surface area contributed by atoms with Crippen LogP contribution in [-0.4, -0.2) is 36.4 Å². The molecule has 1 heterocycles. The average molecular weight is 209 g/mol. The van der Waals surface area contributed by atoms with Crippen molar-refractivity contribution in [2.24, 2.45) is 0 Å². The second-order valence-electron chi connectivity index (χ2n) is 2.23. The Morgan fingerprint density at radius 3 is 3.00 bits per heavy atom. The number of hydrogen-bond acceptors (Lipinski definition) is 4. The molecule has 5 nitrogen and oxygen atoms in total. The summed E-state index contributed by atoms with van der Waals surface area (Å²) in [6.45, 7) is 0.554. The van der Waals surface area contributed by atoms with Gasteiger partial charge >= 0.3 is 0 Å². The van der Waals surface area contributed by atoms with Crippen LogP contribution >= 0.6 is 11.6 Å². The van der Waals surface area contributed by atoms with E-state index in [2.05, 4.69) is 15.5 Å². The van der Waals surface area contributed by atoms with Gasteiger partial charge < -0.3 is 0 Å². The predicted octanol–water partition coefficient (Wildman–Crippen LogP) is -0.210. The number of aromatic nitrogens is 4. The van der Waals surface area contributed by atoms with Crippen molar-refractivity contribution in [2.45, 2.75) is 12.4 Å². The van der Waals surface area contributed by atoms with E-state index in [4.69, 9.17) is 11.6 Å². The molecule has 1 unspecified atom stereocenters. The van der Waals surface area contributed by atoms with E-state index < -0.39 is 10.8 Å². The highest BCUT2D eigenvalue weighted by Crippen LogP contribution is 1.96. The highest BCUT2D eigenvalue weighted by atomic mass is 35.5. The highest BCUT2D eigenvalue weighted by molar-refractivity contribution is 7.84. The number of hydrogen-bond donors (Lipinski definition) is 0. The highest BCUT2D eigenvalue weighted by Gasteiger charge is 2.03. The van der Waals surface area contributed by atoms with E-state index in [1.165, 1.54) is 0 Å².